The predicted molar refractivity (Wildman–Crippen MR) is 74.4 cm³/mol. The minimum atomic E-state index is -0.318. The molecule has 0 aliphatic carbocycles. The van der Waals surface area contributed by atoms with Gasteiger partial charge in [0.05, 0.1) is 0 Å². The maximum absolute atomic E-state index is 11.9. The monoisotopic (exact) mass is 285 g/mol. The zero-order chi connectivity index (χ0) is 14.4. The van der Waals surface area contributed by atoms with E-state index in [9.17, 15) is 9.59 Å². The molecular weight excluding hydrogens is 266 g/mol. The zero-order valence-corrected chi connectivity index (χ0v) is 12.4. The Hall–Kier alpha value is -1.70. The van der Waals surface area contributed by atoms with E-state index in [2.05, 4.69) is 27.1 Å². The van der Waals surface area contributed by atoms with Gasteiger partial charge in [0.2, 0.25) is 0 Å². The Morgan fingerprint density at radius 2 is 2.11 bits per heavy atom. The van der Waals surface area contributed by atoms with Crippen molar-refractivity contribution in [2.75, 3.05) is 26.0 Å². The van der Waals surface area contributed by atoms with Crippen LogP contribution in [-0.4, -0.2) is 47.1 Å². The van der Waals surface area contributed by atoms with Gasteiger partial charge in [-0.15, -0.1) is 5.10 Å². The number of hydrogen-bond acceptors (Lipinski definition) is 5. The van der Waals surface area contributed by atoms with Crippen LogP contribution in [0.4, 0.5) is 9.80 Å². The fourth-order valence-electron chi connectivity index (χ4n) is 1.13. The smallest absolute Gasteiger partial charge is 0.322 e. The number of rotatable bonds is 5. The minimum Gasteiger partial charge on any atom is -0.350 e. The van der Waals surface area contributed by atoms with Gasteiger partial charge in [0.25, 0.3) is 5.91 Å². The largest absolute Gasteiger partial charge is 0.350 e. The molecule has 0 aliphatic heterocycles. The highest BCUT2D eigenvalue weighted by molar-refractivity contribution is 7.10. The van der Waals surface area contributed by atoms with Crippen molar-refractivity contribution in [2.45, 2.75) is 20.3 Å². The molecule has 1 aromatic rings. The van der Waals surface area contributed by atoms with Crippen LogP contribution in [0.25, 0.3) is 0 Å². The molecule has 0 aromatic carbocycles. The van der Waals surface area contributed by atoms with Gasteiger partial charge in [-0.3, -0.25) is 10.1 Å². The number of urea groups is 1. The van der Waals surface area contributed by atoms with Gasteiger partial charge in [0.1, 0.15) is 0 Å². The van der Waals surface area contributed by atoms with E-state index in [4.69, 9.17) is 0 Å². The van der Waals surface area contributed by atoms with Crippen LogP contribution in [0.5, 0.6) is 0 Å². The number of nitrogens with one attached hydrogen (secondary N) is 2. The molecule has 1 aromatic heterocycles. The van der Waals surface area contributed by atoms with E-state index in [0.29, 0.717) is 17.5 Å². The summed E-state index contributed by atoms with van der Waals surface area (Å²) in [5, 5.41) is 9.49. The molecule has 3 amide bonds. The average Bonchev–Trinajstić information content (AvgIpc) is 2.83. The van der Waals surface area contributed by atoms with Crippen molar-refractivity contribution in [3.63, 3.8) is 0 Å². The maximum atomic E-state index is 11.9. The number of carbonyl (C=O) groups excluding carboxylic acids is 2. The van der Waals surface area contributed by atoms with Crippen LogP contribution in [0.1, 0.15) is 30.8 Å². The van der Waals surface area contributed by atoms with Crippen molar-refractivity contribution < 1.29 is 9.59 Å². The van der Waals surface area contributed by atoms with Gasteiger partial charge in [-0.2, -0.15) is 0 Å². The van der Waals surface area contributed by atoms with Crippen molar-refractivity contribution in [2.24, 2.45) is 5.92 Å². The molecule has 1 rings (SSSR count). The Morgan fingerprint density at radius 1 is 1.42 bits per heavy atom. The molecule has 8 heteroatoms. The first-order valence-corrected chi connectivity index (χ1v) is 6.81. The topological polar surface area (TPSA) is 87.2 Å². The summed E-state index contributed by atoms with van der Waals surface area (Å²) in [6, 6.07) is -0.318. The lowest BCUT2D eigenvalue weighted by Gasteiger charge is -2.12. The second kappa shape index (κ2) is 7.03. The van der Waals surface area contributed by atoms with Crippen molar-refractivity contribution in [1.82, 2.24) is 19.8 Å². The van der Waals surface area contributed by atoms with E-state index in [0.717, 1.165) is 18.0 Å². The summed E-state index contributed by atoms with van der Waals surface area (Å²) in [5.74, 6) is 0.0819. The number of aromatic nitrogens is 2. The van der Waals surface area contributed by atoms with E-state index in [1.807, 2.05) is 6.92 Å². The quantitative estimate of drug-likeness (QED) is 0.856. The van der Waals surface area contributed by atoms with E-state index >= 15 is 0 Å². The van der Waals surface area contributed by atoms with Gasteiger partial charge >= 0.3 is 6.03 Å². The van der Waals surface area contributed by atoms with Crippen LogP contribution in [0.15, 0.2) is 0 Å². The fraction of sp³-hybridized carbons (Fsp3) is 0.636. The Balaban J connectivity index is 2.66. The summed E-state index contributed by atoms with van der Waals surface area (Å²) in [5.41, 5.74) is 0.156. The van der Waals surface area contributed by atoms with Gasteiger partial charge in [-0.25, -0.2) is 4.79 Å². The molecule has 0 aliphatic rings. The number of carbonyl (C=O) groups is 2. The summed E-state index contributed by atoms with van der Waals surface area (Å²) < 4.78 is 3.70. The highest BCUT2D eigenvalue weighted by Gasteiger charge is 2.19. The number of amides is 3. The molecule has 1 heterocycles. The Morgan fingerprint density at radius 3 is 2.68 bits per heavy atom. The lowest BCUT2D eigenvalue weighted by atomic mass is 10.1. The molecule has 1 unspecified atom stereocenters. The van der Waals surface area contributed by atoms with Gasteiger partial charge in [-0.1, -0.05) is 24.8 Å². The Bertz CT molecular complexity index is 446. The third-order valence-electron chi connectivity index (χ3n) is 2.64. The summed E-state index contributed by atoms with van der Waals surface area (Å²) in [7, 11) is 3.24. The molecule has 0 fully saturated rings. The lowest BCUT2D eigenvalue weighted by Crippen LogP contribution is -2.31. The van der Waals surface area contributed by atoms with E-state index in [1.165, 1.54) is 4.90 Å². The third-order valence-corrected chi connectivity index (χ3v) is 3.28. The molecule has 7 nitrogen and oxygen atoms in total. The number of nitrogens with zero attached hydrogens (tertiary/aromatic N) is 3. The van der Waals surface area contributed by atoms with Crippen LogP contribution in [-0.2, 0) is 0 Å². The van der Waals surface area contributed by atoms with Gasteiger partial charge < -0.3 is 10.2 Å². The first-order chi connectivity index (χ1) is 8.95. The fourth-order valence-corrected chi connectivity index (χ4v) is 1.68. The summed E-state index contributed by atoms with van der Waals surface area (Å²) >= 11 is 0.983. The predicted octanol–water partition coefficient (Wildman–Crippen LogP) is 1.41. The highest BCUT2D eigenvalue weighted by Crippen LogP contribution is 2.17. The van der Waals surface area contributed by atoms with Gasteiger partial charge in [0, 0.05) is 32.2 Å². The molecule has 0 saturated heterocycles. The van der Waals surface area contributed by atoms with E-state index in [1.54, 1.807) is 14.1 Å². The summed E-state index contributed by atoms with van der Waals surface area (Å²) in [6.07, 6.45) is 0.986. The molecular formula is C11H19N5O2S. The highest BCUT2D eigenvalue weighted by atomic mass is 32.1. The average molecular weight is 285 g/mol. The van der Waals surface area contributed by atoms with E-state index in [-0.39, 0.29) is 17.6 Å². The Labute approximate surface area is 116 Å². The van der Waals surface area contributed by atoms with Crippen molar-refractivity contribution in [3.05, 3.63) is 5.69 Å². The molecule has 19 heavy (non-hydrogen) atoms. The molecule has 1 atom stereocenters. The molecule has 0 radical (unpaired) electrons. The summed E-state index contributed by atoms with van der Waals surface area (Å²) in [4.78, 5) is 24.8. The molecule has 2 N–H and O–H groups in total. The van der Waals surface area contributed by atoms with Crippen LogP contribution >= 0.6 is 11.5 Å². The SMILES string of the molecule is CCC(C)CNC(=O)c1nnsc1NC(=O)N(C)C. The zero-order valence-electron chi connectivity index (χ0n) is 11.6. The second-order valence-electron chi connectivity index (χ2n) is 4.50. The van der Waals surface area contributed by atoms with Crippen LogP contribution in [0.3, 0.4) is 0 Å². The minimum absolute atomic E-state index is 0.156. The summed E-state index contributed by atoms with van der Waals surface area (Å²) in [6.45, 7) is 4.69. The third kappa shape index (κ3) is 4.47. The normalized spacial score (nSPS) is 11.8. The van der Waals surface area contributed by atoms with Crippen molar-refractivity contribution >= 4 is 28.5 Å². The molecule has 0 bridgehead atoms. The molecule has 106 valence electrons. The second-order valence-corrected chi connectivity index (χ2v) is 5.25. The van der Waals surface area contributed by atoms with Gasteiger partial charge in [-0.05, 0) is 5.92 Å². The number of hydrogen-bond donors (Lipinski definition) is 2. The number of anilines is 1. The van der Waals surface area contributed by atoms with E-state index < -0.39 is 0 Å². The Kier molecular flexibility index (Phi) is 5.68. The van der Waals surface area contributed by atoms with Crippen molar-refractivity contribution in [3.8, 4) is 0 Å². The standard InChI is InChI=1S/C11H19N5O2S/c1-5-7(2)6-12-9(17)8-10(19-15-14-8)13-11(18)16(3)4/h7H,5-6H2,1-4H3,(H,12,17)(H,13,18). The first-order valence-electron chi connectivity index (χ1n) is 6.04. The van der Waals surface area contributed by atoms with Gasteiger partial charge in [0.15, 0.2) is 10.7 Å². The van der Waals surface area contributed by atoms with Crippen LogP contribution in [0, 0.1) is 5.92 Å². The first kappa shape index (κ1) is 15.4. The van der Waals surface area contributed by atoms with Crippen molar-refractivity contribution in [1.29, 1.82) is 0 Å². The lowest BCUT2D eigenvalue weighted by molar-refractivity contribution is 0.0943. The maximum Gasteiger partial charge on any atom is 0.322 e. The van der Waals surface area contributed by atoms with Crippen LogP contribution in [0.2, 0.25) is 0 Å². The molecule has 0 spiro atoms. The molecule has 0 saturated carbocycles. The van der Waals surface area contributed by atoms with Crippen LogP contribution < -0.4 is 10.6 Å².